The third-order valence-corrected chi connectivity index (χ3v) is 5.02. The highest BCUT2D eigenvalue weighted by Crippen LogP contribution is 2.20. The van der Waals surface area contributed by atoms with Gasteiger partial charge in [-0.2, -0.15) is 0 Å². The number of para-hydroxylation sites is 1. The van der Waals surface area contributed by atoms with Gasteiger partial charge in [0.2, 0.25) is 5.91 Å². The predicted molar refractivity (Wildman–Crippen MR) is 96.0 cm³/mol. The molecule has 2 amide bonds. The highest BCUT2D eigenvalue weighted by molar-refractivity contribution is 5.96. The molecule has 1 aromatic carbocycles. The van der Waals surface area contributed by atoms with E-state index < -0.39 is 0 Å². The molecule has 2 aliphatic rings. The zero-order chi connectivity index (χ0) is 17.9. The van der Waals surface area contributed by atoms with Crippen molar-refractivity contribution in [1.29, 1.82) is 0 Å². The summed E-state index contributed by atoms with van der Waals surface area (Å²) in [5.41, 5.74) is 0.727. The van der Waals surface area contributed by atoms with E-state index in [4.69, 9.17) is 9.15 Å². The van der Waals surface area contributed by atoms with Gasteiger partial charge in [0.05, 0.1) is 19.8 Å². The van der Waals surface area contributed by atoms with E-state index in [1.54, 1.807) is 11.0 Å². The first kappa shape index (κ1) is 17.1. The molecule has 0 unspecified atom stereocenters. The van der Waals surface area contributed by atoms with Crippen LogP contribution in [0.1, 0.15) is 10.6 Å². The van der Waals surface area contributed by atoms with Crippen molar-refractivity contribution in [3.63, 3.8) is 0 Å². The fourth-order valence-electron chi connectivity index (χ4n) is 3.46. The summed E-state index contributed by atoms with van der Waals surface area (Å²) >= 11 is 0. The number of rotatable bonds is 3. The van der Waals surface area contributed by atoms with Crippen LogP contribution >= 0.6 is 0 Å². The van der Waals surface area contributed by atoms with Crippen LogP contribution in [-0.4, -0.2) is 85.5 Å². The van der Waals surface area contributed by atoms with Gasteiger partial charge in [0.15, 0.2) is 5.76 Å². The Hall–Kier alpha value is -2.38. The third kappa shape index (κ3) is 3.59. The molecule has 3 heterocycles. The Balaban J connectivity index is 1.31. The van der Waals surface area contributed by atoms with E-state index >= 15 is 0 Å². The highest BCUT2D eigenvalue weighted by Gasteiger charge is 2.26. The molecule has 26 heavy (non-hydrogen) atoms. The van der Waals surface area contributed by atoms with Crippen molar-refractivity contribution in [2.75, 3.05) is 59.0 Å². The first-order valence-corrected chi connectivity index (χ1v) is 9.06. The Morgan fingerprint density at radius 2 is 1.65 bits per heavy atom. The lowest BCUT2D eigenvalue weighted by Crippen LogP contribution is -2.52. The van der Waals surface area contributed by atoms with E-state index in [0.717, 1.165) is 11.0 Å². The molecule has 2 aromatic rings. The van der Waals surface area contributed by atoms with Gasteiger partial charge in [0.25, 0.3) is 5.91 Å². The van der Waals surface area contributed by atoms with Gasteiger partial charge in [-0.05, 0) is 12.1 Å². The molecular formula is C19H23N3O4. The van der Waals surface area contributed by atoms with Crippen LogP contribution in [0.2, 0.25) is 0 Å². The molecule has 2 saturated heterocycles. The second-order valence-electron chi connectivity index (χ2n) is 6.71. The normalized spacial score (nSPS) is 19.1. The number of hydrogen-bond donors (Lipinski definition) is 0. The molecule has 0 atom stereocenters. The lowest BCUT2D eigenvalue weighted by atomic mass is 10.2. The minimum atomic E-state index is -0.0830. The number of benzene rings is 1. The Bertz CT molecular complexity index is 756. The number of nitrogens with zero attached hydrogens (tertiary/aromatic N) is 3. The molecule has 0 saturated carbocycles. The number of morpholine rings is 1. The molecule has 0 bridgehead atoms. The number of carbonyl (C=O) groups excluding carboxylic acids is 2. The monoisotopic (exact) mass is 357 g/mol. The van der Waals surface area contributed by atoms with Crippen molar-refractivity contribution in [2.24, 2.45) is 0 Å². The summed E-state index contributed by atoms with van der Waals surface area (Å²) in [6.45, 7) is 5.58. The first-order valence-electron chi connectivity index (χ1n) is 9.06. The predicted octanol–water partition coefficient (Wildman–Crippen LogP) is 1.05. The van der Waals surface area contributed by atoms with Crippen LogP contribution in [0.4, 0.5) is 0 Å². The van der Waals surface area contributed by atoms with Crippen LogP contribution in [0, 0.1) is 0 Å². The number of ether oxygens (including phenoxy) is 1. The molecule has 7 heteroatoms. The molecule has 138 valence electrons. The lowest BCUT2D eigenvalue weighted by molar-refractivity contribution is -0.136. The molecular weight excluding hydrogens is 334 g/mol. The largest absolute Gasteiger partial charge is 0.451 e. The van der Waals surface area contributed by atoms with Crippen molar-refractivity contribution < 1.29 is 18.7 Å². The minimum absolute atomic E-state index is 0.0830. The van der Waals surface area contributed by atoms with E-state index in [-0.39, 0.29) is 11.8 Å². The molecule has 0 radical (unpaired) electrons. The highest BCUT2D eigenvalue weighted by atomic mass is 16.5. The van der Waals surface area contributed by atoms with Crippen molar-refractivity contribution in [3.8, 4) is 0 Å². The summed E-state index contributed by atoms with van der Waals surface area (Å²) in [5.74, 6) is 0.440. The standard InChI is InChI=1S/C19H23N3O4/c23-18(21-9-11-25-12-10-21)14-20-5-7-22(8-6-20)19(24)17-13-15-3-1-2-4-16(15)26-17/h1-4,13H,5-12,14H2. The van der Waals surface area contributed by atoms with E-state index in [0.29, 0.717) is 64.8 Å². The second-order valence-corrected chi connectivity index (χ2v) is 6.71. The molecule has 2 aliphatic heterocycles. The van der Waals surface area contributed by atoms with Crippen LogP contribution in [0.15, 0.2) is 34.7 Å². The average Bonchev–Trinajstić information content (AvgIpc) is 3.13. The van der Waals surface area contributed by atoms with Gasteiger partial charge < -0.3 is 19.0 Å². The van der Waals surface area contributed by atoms with Crippen molar-refractivity contribution in [1.82, 2.24) is 14.7 Å². The Morgan fingerprint density at radius 3 is 2.38 bits per heavy atom. The van der Waals surface area contributed by atoms with Crippen LogP contribution in [0.3, 0.4) is 0 Å². The molecule has 0 aliphatic carbocycles. The van der Waals surface area contributed by atoms with Crippen LogP contribution in [-0.2, 0) is 9.53 Å². The minimum Gasteiger partial charge on any atom is -0.451 e. The zero-order valence-electron chi connectivity index (χ0n) is 14.7. The SMILES string of the molecule is O=C(CN1CCN(C(=O)c2cc3ccccc3o2)CC1)N1CCOCC1. The molecule has 1 aromatic heterocycles. The number of piperazine rings is 1. The molecule has 0 N–H and O–H groups in total. The van der Waals surface area contributed by atoms with Gasteiger partial charge in [0, 0.05) is 44.7 Å². The van der Waals surface area contributed by atoms with Gasteiger partial charge in [0.1, 0.15) is 5.58 Å². The van der Waals surface area contributed by atoms with Crippen LogP contribution in [0.25, 0.3) is 11.0 Å². The van der Waals surface area contributed by atoms with Crippen molar-refractivity contribution >= 4 is 22.8 Å². The van der Waals surface area contributed by atoms with Crippen molar-refractivity contribution in [3.05, 3.63) is 36.1 Å². The lowest BCUT2D eigenvalue weighted by Gasteiger charge is -2.35. The van der Waals surface area contributed by atoms with E-state index in [1.807, 2.05) is 29.2 Å². The maximum Gasteiger partial charge on any atom is 0.289 e. The van der Waals surface area contributed by atoms with Gasteiger partial charge in [-0.15, -0.1) is 0 Å². The number of amides is 2. The number of furan rings is 1. The summed E-state index contributed by atoms with van der Waals surface area (Å²) in [5, 5.41) is 0.936. The van der Waals surface area contributed by atoms with E-state index in [1.165, 1.54) is 0 Å². The van der Waals surface area contributed by atoms with Crippen LogP contribution < -0.4 is 0 Å². The van der Waals surface area contributed by atoms with E-state index in [9.17, 15) is 9.59 Å². The first-order chi connectivity index (χ1) is 12.7. The quantitative estimate of drug-likeness (QED) is 0.822. The fourth-order valence-corrected chi connectivity index (χ4v) is 3.46. The van der Waals surface area contributed by atoms with E-state index in [2.05, 4.69) is 4.90 Å². The molecule has 2 fully saturated rings. The fraction of sp³-hybridized carbons (Fsp3) is 0.474. The zero-order valence-corrected chi connectivity index (χ0v) is 14.7. The second kappa shape index (κ2) is 7.47. The molecule has 4 rings (SSSR count). The maximum atomic E-state index is 12.7. The average molecular weight is 357 g/mol. The summed E-state index contributed by atoms with van der Waals surface area (Å²) in [7, 11) is 0. The summed E-state index contributed by atoms with van der Waals surface area (Å²) in [6, 6.07) is 9.42. The van der Waals surface area contributed by atoms with Crippen LogP contribution in [0.5, 0.6) is 0 Å². The Morgan fingerprint density at radius 1 is 0.923 bits per heavy atom. The number of carbonyl (C=O) groups is 2. The maximum absolute atomic E-state index is 12.7. The number of hydrogen-bond acceptors (Lipinski definition) is 5. The Kier molecular flexibility index (Phi) is 4.90. The number of fused-ring (bicyclic) bond motifs is 1. The topological polar surface area (TPSA) is 66.2 Å². The Labute approximate surface area is 152 Å². The molecule has 0 spiro atoms. The van der Waals surface area contributed by atoms with Gasteiger partial charge in [-0.1, -0.05) is 18.2 Å². The molecule has 7 nitrogen and oxygen atoms in total. The summed E-state index contributed by atoms with van der Waals surface area (Å²) in [6.07, 6.45) is 0. The third-order valence-electron chi connectivity index (χ3n) is 5.02. The summed E-state index contributed by atoms with van der Waals surface area (Å²) < 4.78 is 11.0. The smallest absolute Gasteiger partial charge is 0.289 e. The van der Waals surface area contributed by atoms with Gasteiger partial charge in [-0.25, -0.2) is 0 Å². The van der Waals surface area contributed by atoms with Gasteiger partial charge >= 0.3 is 0 Å². The van der Waals surface area contributed by atoms with Crippen molar-refractivity contribution in [2.45, 2.75) is 0 Å². The van der Waals surface area contributed by atoms with Gasteiger partial charge in [-0.3, -0.25) is 14.5 Å². The summed E-state index contributed by atoms with van der Waals surface area (Å²) in [4.78, 5) is 30.8.